The van der Waals surface area contributed by atoms with E-state index in [2.05, 4.69) is 11.0 Å². The highest BCUT2D eigenvalue weighted by Gasteiger charge is 2.27. The van der Waals surface area contributed by atoms with Gasteiger partial charge < -0.3 is 14.6 Å². The standard InChI is InChI=1S/C23H26ClNO4.ClH/c24-21-3-1-2-19(16-4-5-16)20(21)15-29-18-8-6-17(7-9-18)22-14-25(12-13-28-22)11-10-23(26)27;/h1-3,6-9,16,22H,4-5,10-15H2,(H,26,27);1H. The van der Waals surface area contributed by atoms with Crippen molar-refractivity contribution in [2.24, 2.45) is 0 Å². The molecule has 2 fully saturated rings. The van der Waals surface area contributed by atoms with Crippen molar-refractivity contribution in [3.63, 3.8) is 0 Å². The fourth-order valence-corrected chi connectivity index (χ4v) is 4.04. The van der Waals surface area contributed by atoms with Crippen molar-refractivity contribution >= 4 is 30.0 Å². The van der Waals surface area contributed by atoms with Crippen LogP contribution < -0.4 is 4.74 Å². The van der Waals surface area contributed by atoms with Gasteiger partial charge in [-0.15, -0.1) is 12.4 Å². The van der Waals surface area contributed by atoms with E-state index in [0.29, 0.717) is 32.2 Å². The largest absolute Gasteiger partial charge is 0.489 e. The van der Waals surface area contributed by atoms with Crippen LogP contribution in [0.15, 0.2) is 42.5 Å². The van der Waals surface area contributed by atoms with Crippen molar-refractivity contribution in [2.45, 2.75) is 37.9 Å². The van der Waals surface area contributed by atoms with Gasteiger partial charge in [0.2, 0.25) is 0 Å². The molecule has 30 heavy (non-hydrogen) atoms. The maximum atomic E-state index is 10.8. The van der Waals surface area contributed by atoms with Crippen LogP contribution in [0, 0.1) is 0 Å². The number of carboxylic acids is 1. The third kappa shape index (κ3) is 5.88. The van der Waals surface area contributed by atoms with E-state index >= 15 is 0 Å². The van der Waals surface area contributed by atoms with E-state index in [4.69, 9.17) is 26.2 Å². The SMILES string of the molecule is Cl.O=C(O)CCN1CCOC(c2ccc(OCc3c(Cl)cccc3C3CC3)cc2)C1. The normalized spacial score (nSPS) is 19.2. The molecular formula is C23H27Cl2NO4. The lowest BCUT2D eigenvalue weighted by molar-refractivity contribution is -0.137. The van der Waals surface area contributed by atoms with Gasteiger partial charge in [-0.05, 0) is 48.1 Å². The van der Waals surface area contributed by atoms with Crippen LogP contribution in [0.5, 0.6) is 5.75 Å². The molecule has 2 aromatic carbocycles. The van der Waals surface area contributed by atoms with Gasteiger partial charge in [0.1, 0.15) is 12.4 Å². The number of halogens is 2. The van der Waals surface area contributed by atoms with Crippen molar-refractivity contribution in [2.75, 3.05) is 26.2 Å². The molecule has 2 aromatic rings. The van der Waals surface area contributed by atoms with E-state index in [1.165, 1.54) is 18.4 Å². The summed E-state index contributed by atoms with van der Waals surface area (Å²) in [4.78, 5) is 12.9. The molecule has 7 heteroatoms. The predicted octanol–water partition coefficient (Wildman–Crippen LogP) is 5.07. The number of hydrogen-bond donors (Lipinski definition) is 1. The summed E-state index contributed by atoms with van der Waals surface area (Å²) in [5.41, 5.74) is 3.48. The van der Waals surface area contributed by atoms with Crippen molar-refractivity contribution in [3.8, 4) is 5.75 Å². The van der Waals surface area contributed by atoms with Crippen LogP contribution in [-0.2, 0) is 16.1 Å². The van der Waals surface area contributed by atoms with Crippen LogP contribution in [0.1, 0.15) is 48.0 Å². The number of carbonyl (C=O) groups is 1. The first-order valence-corrected chi connectivity index (χ1v) is 10.5. The van der Waals surface area contributed by atoms with E-state index < -0.39 is 5.97 Å². The highest BCUT2D eigenvalue weighted by atomic mass is 35.5. The van der Waals surface area contributed by atoms with Crippen LogP contribution in [0.3, 0.4) is 0 Å². The summed E-state index contributed by atoms with van der Waals surface area (Å²) < 4.78 is 11.9. The van der Waals surface area contributed by atoms with Crippen molar-refractivity contribution < 1.29 is 19.4 Å². The number of nitrogens with zero attached hydrogens (tertiary/aromatic N) is 1. The average Bonchev–Trinajstić information content (AvgIpc) is 3.57. The molecule has 0 radical (unpaired) electrons. The molecule has 1 aliphatic carbocycles. The summed E-state index contributed by atoms with van der Waals surface area (Å²) in [7, 11) is 0. The zero-order valence-corrected chi connectivity index (χ0v) is 18.3. The average molecular weight is 452 g/mol. The first kappa shape index (κ1) is 22.9. The Balaban J connectivity index is 0.00000256. The molecule has 0 aromatic heterocycles. The Kier molecular flexibility index (Phi) is 8.00. The van der Waals surface area contributed by atoms with Crippen LogP contribution in [0.4, 0.5) is 0 Å². The van der Waals surface area contributed by atoms with Gasteiger partial charge in [0.15, 0.2) is 0 Å². The number of aliphatic carboxylic acids is 1. The number of benzene rings is 2. The quantitative estimate of drug-likeness (QED) is 0.607. The molecule has 0 bridgehead atoms. The highest BCUT2D eigenvalue weighted by Crippen LogP contribution is 2.43. The predicted molar refractivity (Wildman–Crippen MR) is 119 cm³/mol. The lowest BCUT2D eigenvalue weighted by Crippen LogP contribution is -2.39. The zero-order chi connectivity index (χ0) is 20.2. The van der Waals surface area contributed by atoms with Crippen molar-refractivity contribution in [3.05, 3.63) is 64.2 Å². The molecule has 0 spiro atoms. The molecule has 5 nitrogen and oxygen atoms in total. The van der Waals surface area contributed by atoms with Crippen molar-refractivity contribution in [1.29, 1.82) is 0 Å². The fourth-order valence-electron chi connectivity index (χ4n) is 3.80. The first-order valence-electron chi connectivity index (χ1n) is 10.2. The van der Waals surface area contributed by atoms with Crippen LogP contribution in [0.2, 0.25) is 5.02 Å². The summed E-state index contributed by atoms with van der Waals surface area (Å²) in [6.07, 6.45) is 2.57. The van der Waals surface area contributed by atoms with Gasteiger partial charge in [-0.3, -0.25) is 9.69 Å². The molecule has 1 heterocycles. The molecule has 1 aliphatic heterocycles. The van der Waals surface area contributed by atoms with Crippen molar-refractivity contribution in [1.82, 2.24) is 4.90 Å². The molecule has 2 aliphatic rings. The maximum Gasteiger partial charge on any atom is 0.304 e. The third-order valence-corrected chi connectivity index (χ3v) is 5.95. The molecule has 1 unspecified atom stereocenters. The van der Waals surface area contributed by atoms with E-state index in [1.54, 1.807) is 0 Å². The molecule has 1 saturated heterocycles. The summed E-state index contributed by atoms with van der Waals surface area (Å²) in [6, 6.07) is 14.1. The Morgan fingerprint density at radius 3 is 2.67 bits per heavy atom. The van der Waals surface area contributed by atoms with Gasteiger partial charge in [-0.1, -0.05) is 35.9 Å². The molecule has 0 amide bonds. The summed E-state index contributed by atoms with van der Waals surface area (Å²) in [6.45, 7) is 3.11. The Morgan fingerprint density at radius 2 is 1.97 bits per heavy atom. The van der Waals surface area contributed by atoms with Gasteiger partial charge in [0, 0.05) is 30.2 Å². The zero-order valence-electron chi connectivity index (χ0n) is 16.8. The Bertz CT molecular complexity index is 855. The number of ether oxygens (including phenoxy) is 2. The summed E-state index contributed by atoms with van der Waals surface area (Å²) in [5.74, 6) is 0.661. The minimum absolute atomic E-state index is 0. The second kappa shape index (κ2) is 10.5. The molecule has 1 atom stereocenters. The summed E-state index contributed by atoms with van der Waals surface area (Å²) >= 11 is 6.42. The van der Waals surface area contributed by atoms with Gasteiger partial charge in [0.05, 0.1) is 19.1 Å². The lowest BCUT2D eigenvalue weighted by Gasteiger charge is -2.32. The van der Waals surface area contributed by atoms with E-state index in [1.807, 2.05) is 36.4 Å². The van der Waals surface area contributed by atoms with Crippen LogP contribution in [0.25, 0.3) is 0 Å². The van der Waals surface area contributed by atoms with E-state index in [0.717, 1.165) is 28.4 Å². The first-order chi connectivity index (χ1) is 14.1. The third-order valence-electron chi connectivity index (χ3n) is 5.60. The highest BCUT2D eigenvalue weighted by molar-refractivity contribution is 6.31. The Hall–Kier alpha value is -1.79. The van der Waals surface area contributed by atoms with Crippen LogP contribution >= 0.6 is 24.0 Å². The smallest absolute Gasteiger partial charge is 0.304 e. The van der Waals surface area contributed by atoms with Gasteiger partial charge in [-0.2, -0.15) is 0 Å². The minimum atomic E-state index is -0.766. The molecule has 1 N–H and O–H groups in total. The van der Waals surface area contributed by atoms with E-state index in [-0.39, 0.29) is 24.9 Å². The fraction of sp³-hybridized carbons (Fsp3) is 0.435. The Morgan fingerprint density at radius 1 is 1.20 bits per heavy atom. The number of hydrogen-bond acceptors (Lipinski definition) is 4. The molecular weight excluding hydrogens is 425 g/mol. The lowest BCUT2D eigenvalue weighted by atomic mass is 10.0. The number of rotatable bonds is 8. The number of carboxylic acid groups (broad SMARTS) is 1. The molecule has 162 valence electrons. The monoisotopic (exact) mass is 451 g/mol. The Labute approximate surface area is 188 Å². The topological polar surface area (TPSA) is 59.0 Å². The van der Waals surface area contributed by atoms with Crippen LogP contribution in [-0.4, -0.2) is 42.2 Å². The van der Waals surface area contributed by atoms with Gasteiger partial charge in [-0.25, -0.2) is 0 Å². The van der Waals surface area contributed by atoms with Gasteiger partial charge >= 0.3 is 5.97 Å². The molecule has 4 rings (SSSR count). The summed E-state index contributed by atoms with van der Waals surface area (Å²) in [5, 5.41) is 9.65. The van der Waals surface area contributed by atoms with E-state index in [9.17, 15) is 4.79 Å². The maximum absolute atomic E-state index is 10.8. The molecule has 1 saturated carbocycles. The minimum Gasteiger partial charge on any atom is -0.489 e. The second-order valence-electron chi connectivity index (χ2n) is 7.74. The van der Waals surface area contributed by atoms with Gasteiger partial charge in [0.25, 0.3) is 0 Å². The number of morpholine rings is 1. The second-order valence-corrected chi connectivity index (χ2v) is 8.15.